The Morgan fingerprint density at radius 2 is 2.04 bits per heavy atom. The molecule has 24 heavy (non-hydrogen) atoms. The minimum atomic E-state index is 0.0357. The lowest BCUT2D eigenvalue weighted by atomic mass is 10.1. The summed E-state index contributed by atoms with van der Waals surface area (Å²) in [6.45, 7) is 6.35. The summed E-state index contributed by atoms with van der Waals surface area (Å²) in [6.07, 6.45) is 2.05. The van der Waals surface area contributed by atoms with Crippen molar-refractivity contribution >= 4 is 11.6 Å². The molecular weight excluding hydrogens is 326 g/mol. The van der Waals surface area contributed by atoms with Gasteiger partial charge in [0.2, 0.25) is 11.8 Å². The molecule has 1 fully saturated rings. The average Bonchev–Trinajstić information content (AvgIpc) is 3.21. The highest BCUT2D eigenvalue weighted by molar-refractivity contribution is 6.30. The second kappa shape index (κ2) is 6.47. The first-order valence-corrected chi connectivity index (χ1v) is 8.93. The normalized spacial score (nSPS) is 24.5. The molecule has 2 aromatic rings. The Morgan fingerprint density at radius 1 is 1.21 bits per heavy atom. The number of ether oxygens (including phenoxy) is 1. The van der Waals surface area contributed by atoms with Crippen molar-refractivity contribution in [2.45, 2.75) is 44.7 Å². The molecule has 0 amide bonds. The fraction of sp³-hybridized carbons (Fsp3) is 0.556. The van der Waals surface area contributed by atoms with Gasteiger partial charge in [-0.25, -0.2) is 0 Å². The predicted octanol–water partition coefficient (Wildman–Crippen LogP) is 3.39. The number of nitrogens with zero attached hydrogens (tertiary/aromatic N) is 3. The SMILES string of the molecule is CC(C)c1nnc([C@H]2COCCN2[C@H]2Cc3ccc(Cl)cc3C2)o1. The van der Waals surface area contributed by atoms with Crippen LogP contribution in [0.25, 0.3) is 0 Å². The van der Waals surface area contributed by atoms with Crippen molar-refractivity contribution in [2.24, 2.45) is 0 Å². The van der Waals surface area contributed by atoms with Crippen molar-refractivity contribution in [3.05, 3.63) is 46.1 Å². The Hall–Kier alpha value is -1.43. The summed E-state index contributed by atoms with van der Waals surface area (Å²) >= 11 is 6.15. The van der Waals surface area contributed by atoms with Crippen molar-refractivity contribution in [1.29, 1.82) is 0 Å². The fourth-order valence-corrected chi connectivity index (χ4v) is 3.87. The molecule has 1 aromatic carbocycles. The molecule has 1 saturated heterocycles. The Bertz CT molecular complexity index is 731. The van der Waals surface area contributed by atoms with Gasteiger partial charge in [-0.1, -0.05) is 31.5 Å². The van der Waals surface area contributed by atoms with E-state index in [1.807, 2.05) is 6.07 Å². The number of rotatable bonds is 3. The van der Waals surface area contributed by atoms with E-state index in [9.17, 15) is 0 Å². The largest absolute Gasteiger partial charge is 0.423 e. The first-order valence-electron chi connectivity index (χ1n) is 8.56. The van der Waals surface area contributed by atoms with Crippen LogP contribution in [0, 0.1) is 0 Å². The van der Waals surface area contributed by atoms with Crippen LogP contribution in [0.2, 0.25) is 5.02 Å². The zero-order chi connectivity index (χ0) is 16.7. The van der Waals surface area contributed by atoms with Crippen LogP contribution < -0.4 is 0 Å². The van der Waals surface area contributed by atoms with E-state index >= 15 is 0 Å². The lowest BCUT2D eigenvalue weighted by molar-refractivity contribution is -0.0379. The van der Waals surface area contributed by atoms with Crippen LogP contribution in [-0.2, 0) is 17.6 Å². The van der Waals surface area contributed by atoms with E-state index in [0.29, 0.717) is 24.4 Å². The molecule has 0 bridgehead atoms. The summed E-state index contributed by atoms with van der Waals surface area (Å²) in [7, 11) is 0. The Balaban J connectivity index is 1.56. The average molecular weight is 348 g/mol. The molecule has 128 valence electrons. The quantitative estimate of drug-likeness (QED) is 0.851. The van der Waals surface area contributed by atoms with Crippen LogP contribution in [0.5, 0.6) is 0 Å². The molecule has 0 radical (unpaired) electrons. The molecule has 1 aromatic heterocycles. The van der Waals surface area contributed by atoms with Crippen LogP contribution >= 0.6 is 11.6 Å². The molecule has 0 saturated carbocycles. The van der Waals surface area contributed by atoms with E-state index in [2.05, 4.69) is 41.1 Å². The molecule has 0 N–H and O–H groups in total. The molecule has 2 heterocycles. The second-order valence-electron chi connectivity index (χ2n) is 6.94. The third-order valence-corrected chi connectivity index (χ3v) is 5.19. The molecule has 5 nitrogen and oxygen atoms in total. The van der Waals surface area contributed by atoms with Crippen LogP contribution in [0.15, 0.2) is 22.6 Å². The van der Waals surface area contributed by atoms with E-state index in [0.717, 1.165) is 31.0 Å². The van der Waals surface area contributed by atoms with Crippen LogP contribution in [-0.4, -0.2) is 40.9 Å². The summed E-state index contributed by atoms with van der Waals surface area (Å²) in [5.41, 5.74) is 2.74. The highest BCUT2D eigenvalue weighted by Gasteiger charge is 2.37. The first-order chi connectivity index (χ1) is 11.6. The molecule has 0 spiro atoms. The van der Waals surface area contributed by atoms with Gasteiger partial charge in [0.1, 0.15) is 6.04 Å². The predicted molar refractivity (Wildman–Crippen MR) is 91.3 cm³/mol. The third-order valence-electron chi connectivity index (χ3n) is 4.95. The Labute approximate surface area is 147 Å². The summed E-state index contributed by atoms with van der Waals surface area (Å²) in [5, 5.41) is 9.28. The number of hydrogen-bond acceptors (Lipinski definition) is 5. The molecule has 0 unspecified atom stereocenters. The third kappa shape index (κ3) is 2.96. The van der Waals surface area contributed by atoms with Crippen molar-refractivity contribution in [3.63, 3.8) is 0 Å². The van der Waals surface area contributed by atoms with Gasteiger partial charge in [-0.2, -0.15) is 0 Å². The standard InChI is InChI=1S/C18H22ClN3O2/c1-11(2)17-20-21-18(24-17)16-10-23-6-5-22(16)15-8-12-3-4-14(19)7-13(12)9-15/h3-4,7,11,15-16H,5-6,8-10H2,1-2H3/t15-,16+/m0/s1. The van der Waals surface area contributed by atoms with Crippen LogP contribution in [0.1, 0.15) is 48.7 Å². The van der Waals surface area contributed by atoms with Gasteiger partial charge in [-0.15, -0.1) is 10.2 Å². The molecule has 2 aliphatic rings. The maximum atomic E-state index is 6.15. The lowest BCUT2D eigenvalue weighted by Gasteiger charge is -2.37. The van der Waals surface area contributed by atoms with E-state index in [1.54, 1.807) is 0 Å². The zero-order valence-corrected chi connectivity index (χ0v) is 14.8. The van der Waals surface area contributed by atoms with Gasteiger partial charge >= 0.3 is 0 Å². The van der Waals surface area contributed by atoms with E-state index < -0.39 is 0 Å². The molecular formula is C18H22ClN3O2. The van der Waals surface area contributed by atoms with Gasteiger partial charge in [0, 0.05) is 23.5 Å². The lowest BCUT2D eigenvalue weighted by Crippen LogP contribution is -2.46. The number of halogens is 1. The maximum Gasteiger partial charge on any atom is 0.236 e. The molecule has 1 aliphatic heterocycles. The van der Waals surface area contributed by atoms with Gasteiger partial charge < -0.3 is 9.15 Å². The summed E-state index contributed by atoms with van der Waals surface area (Å²) < 4.78 is 11.6. The van der Waals surface area contributed by atoms with Gasteiger partial charge in [0.05, 0.1) is 13.2 Å². The minimum absolute atomic E-state index is 0.0357. The summed E-state index contributed by atoms with van der Waals surface area (Å²) in [5.74, 6) is 1.60. The van der Waals surface area contributed by atoms with Crippen molar-refractivity contribution in [2.75, 3.05) is 19.8 Å². The molecule has 2 atom stereocenters. The van der Waals surface area contributed by atoms with E-state index in [1.165, 1.54) is 11.1 Å². The highest BCUT2D eigenvalue weighted by Crippen LogP contribution is 2.34. The number of aromatic nitrogens is 2. The van der Waals surface area contributed by atoms with E-state index in [-0.39, 0.29) is 12.0 Å². The number of fused-ring (bicyclic) bond motifs is 1. The van der Waals surface area contributed by atoms with Crippen LogP contribution in [0.3, 0.4) is 0 Å². The molecule has 6 heteroatoms. The van der Waals surface area contributed by atoms with Gasteiger partial charge in [-0.05, 0) is 36.1 Å². The van der Waals surface area contributed by atoms with E-state index in [4.69, 9.17) is 20.8 Å². The Morgan fingerprint density at radius 3 is 2.83 bits per heavy atom. The number of hydrogen-bond donors (Lipinski definition) is 0. The van der Waals surface area contributed by atoms with Gasteiger partial charge in [0.25, 0.3) is 0 Å². The van der Waals surface area contributed by atoms with Crippen molar-refractivity contribution in [3.8, 4) is 0 Å². The number of morpholine rings is 1. The highest BCUT2D eigenvalue weighted by atomic mass is 35.5. The van der Waals surface area contributed by atoms with Gasteiger partial charge in [-0.3, -0.25) is 4.90 Å². The fourth-order valence-electron chi connectivity index (χ4n) is 3.68. The first kappa shape index (κ1) is 16.1. The Kier molecular flexibility index (Phi) is 4.33. The monoisotopic (exact) mass is 347 g/mol. The van der Waals surface area contributed by atoms with Crippen LogP contribution in [0.4, 0.5) is 0 Å². The van der Waals surface area contributed by atoms with Gasteiger partial charge in [0.15, 0.2) is 0 Å². The minimum Gasteiger partial charge on any atom is -0.423 e. The molecule has 4 rings (SSSR count). The summed E-state index contributed by atoms with van der Waals surface area (Å²) in [4.78, 5) is 2.47. The maximum absolute atomic E-state index is 6.15. The summed E-state index contributed by atoms with van der Waals surface area (Å²) in [6, 6.07) is 6.69. The molecule has 1 aliphatic carbocycles. The van der Waals surface area contributed by atoms with Crippen molar-refractivity contribution in [1.82, 2.24) is 15.1 Å². The topological polar surface area (TPSA) is 51.4 Å². The van der Waals surface area contributed by atoms with Crippen molar-refractivity contribution < 1.29 is 9.15 Å². The smallest absolute Gasteiger partial charge is 0.236 e. The second-order valence-corrected chi connectivity index (χ2v) is 7.37. The zero-order valence-electron chi connectivity index (χ0n) is 14.0. The number of benzene rings is 1.